The first kappa shape index (κ1) is 12.7. The van der Waals surface area contributed by atoms with Crippen molar-refractivity contribution in [2.24, 2.45) is 0 Å². The van der Waals surface area contributed by atoms with Crippen LogP contribution in [-0.2, 0) is 6.54 Å². The molecule has 5 nitrogen and oxygen atoms in total. The highest BCUT2D eigenvalue weighted by molar-refractivity contribution is 5.48. The molecular weight excluding hydrogens is 256 g/mol. The van der Waals surface area contributed by atoms with E-state index in [-0.39, 0.29) is 6.79 Å². The van der Waals surface area contributed by atoms with E-state index in [1.807, 2.05) is 38.4 Å². The van der Waals surface area contributed by atoms with Crippen molar-refractivity contribution < 1.29 is 14.2 Å². The van der Waals surface area contributed by atoms with E-state index in [0.29, 0.717) is 17.4 Å². The third-order valence-corrected chi connectivity index (χ3v) is 3.03. The molecule has 1 aliphatic rings. The van der Waals surface area contributed by atoms with Gasteiger partial charge in [0.2, 0.25) is 12.7 Å². The quantitative estimate of drug-likeness (QED) is 0.927. The Morgan fingerprint density at radius 3 is 2.90 bits per heavy atom. The minimum absolute atomic E-state index is 0.259. The summed E-state index contributed by atoms with van der Waals surface area (Å²) < 4.78 is 16.4. The van der Waals surface area contributed by atoms with Gasteiger partial charge in [-0.2, -0.15) is 0 Å². The van der Waals surface area contributed by atoms with E-state index < -0.39 is 0 Å². The molecule has 0 spiro atoms. The lowest BCUT2D eigenvalue weighted by atomic mass is 10.2. The predicted octanol–water partition coefficient (Wildman–Crippen LogP) is 2.63. The third-order valence-electron chi connectivity index (χ3n) is 3.03. The molecule has 2 heterocycles. The molecule has 0 radical (unpaired) electrons. The second kappa shape index (κ2) is 5.38. The summed E-state index contributed by atoms with van der Waals surface area (Å²) in [4.78, 5) is 4.35. The molecule has 3 rings (SSSR count). The SMILES string of the molecule is CNCc1cnc(Oc2ccc3c(c2)OCO3)c(C)c1. The van der Waals surface area contributed by atoms with Crippen LogP contribution >= 0.6 is 0 Å². The second-order valence-corrected chi connectivity index (χ2v) is 4.61. The maximum atomic E-state index is 5.80. The van der Waals surface area contributed by atoms with E-state index in [1.165, 1.54) is 0 Å². The maximum absolute atomic E-state index is 5.80. The lowest BCUT2D eigenvalue weighted by Crippen LogP contribution is -2.06. The molecule has 0 unspecified atom stereocenters. The van der Waals surface area contributed by atoms with Gasteiger partial charge in [0.15, 0.2) is 11.5 Å². The van der Waals surface area contributed by atoms with E-state index in [9.17, 15) is 0 Å². The Balaban J connectivity index is 1.80. The fourth-order valence-electron chi connectivity index (χ4n) is 2.08. The molecular formula is C15H16N2O3. The highest BCUT2D eigenvalue weighted by Crippen LogP contribution is 2.36. The van der Waals surface area contributed by atoms with E-state index in [4.69, 9.17) is 14.2 Å². The van der Waals surface area contributed by atoms with Crippen LogP contribution in [0, 0.1) is 6.92 Å². The van der Waals surface area contributed by atoms with Crippen molar-refractivity contribution in [1.82, 2.24) is 10.3 Å². The Labute approximate surface area is 117 Å². The third kappa shape index (κ3) is 2.53. The minimum Gasteiger partial charge on any atom is -0.454 e. The molecule has 0 aliphatic carbocycles. The number of hydrogen-bond acceptors (Lipinski definition) is 5. The molecule has 0 atom stereocenters. The van der Waals surface area contributed by atoms with Crippen molar-refractivity contribution in [3.05, 3.63) is 41.6 Å². The summed E-state index contributed by atoms with van der Waals surface area (Å²) in [5.41, 5.74) is 2.12. The zero-order chi connectivity index (χ0) is 13.9. The van der Waals surface area contributed by atoms with Crippen LogP contribution < -0.4 is 19.5 Å². The molecule has 5 heteroatoms. The highest BCUT2D eigenvalue weighted by atomic mass is 16.7. The van der Waals surface area contributed by atoms with E-state index >= 15 is 0 Å². The number of rotatable bonds is 4. The first-order valence-electron chi connectivity index (χ1n) is 6.44. The normalized spacial score (nSPS) is 12.5. The van der Waals surface area contributed by atoms with Gasteiger partial charge in [-0.1, -0.05) is 0 Å². The van der Waals surface area contributed by atoms with Crippen LogP contribution in [0.15, 0.2) is 30.5 Å². The maximum Gasteiger partial charge on any atom is 0.231 e. The van der Waals surface area contributed by atoms with Gasteiger partial charge < -0.3 is 19.5 Å². The van der Waals surface area contributed by atoms with Gasteiger partial charge in [-0.15, -0.1) is 0 Å². The van der Waals surface area contributed by atoms with Gasteiger partial charge in [-0.05, 0) is 37.7 Å². The standard InChI is InChI=1S/C15H16N2O3/c1-10-5-11(7-16-2)8-17-15(10)20-12-3-4-13-14(6-12)19-9-18-13/h3-6,8,16H,7,9H2,1-2H3. The van der Waals surface area contributed by atoms with Crippen LogP contribution in [-0.4, -0.2) is 18.8 Å². The summed E-state index contributed by atoms with van der Waals surface area (Å²) >= 11 is 0. The van der Waals surface area contributed by atoms with Crippen LogP contribution in [0.2, 0.25) is 0 Å². The molecule has 20 heavy (non-hydrogen) atoms. The highest BCUT2D eigenvalue weighted by Gasteiger charge is 2.14. The Hall–Kier alpha value is -2.27. The van der Waals surface area contributed by atoms with Crippen LogP contribution in [0.3, 0.4) is 0 Å². The number of ether oxygens (including phenoxy) is 3. The van der Waals surface area contributed by atoms with Gasteiger partial charge in [0.25, 0.3) is 0 Å². The van der Waals surface area contributed by atoms with Crippen LogP contribution in [0.5, 0.6) is 23.1 Å². The van der Waals surface area contributed by atoms with Crippen molar-refractivity contribution in [2.45, 2.75) is 13.5 Å². The Bertz CT molecular complexity index is 629. The van der Waals surface area contributed by atoms with Crippen molar-refractivity contribution in [1.29, 1.82) is 0 Å². The van der Waals surface area contributed by atoms with Gasteiger partial charge in [0.05, 0.1) is 0 Å². The number of fused-ring (bicyclic) bond motifs is 1. The number of aromatic nitrogens is 1. The van der Waals surface area contributed by atoms with Crippen molar-refractivity contribution >= 4 is 0 Å². The van der Waals surface area contributed by atoms with Gasteiger partial charge in [-0.3, -0.25) is 0 Å². The number of benzene rings is 1. The minimum atomic E-state index is 0.259. The number of nitrogens with one attached hydrogen (secondary N) is 1. The summed E-state index contributed by atoms with van der Waals surface area (Å²) in [7, 11) is 1.91. The van der Waals surface area contributed by atoms with Gasteiger partial charge >= 0.3 is 0 Å². The molecule has 1 aromatic heterocycles. The molecule has 0 amide bonds. The second-order valence-electron chi connectivity index (χ2n) is 4.61. The molecule has 0 fully saturated rings. The fraction of sp³-hybridized carbons (Fsp3) is 0.267. The monoisotopic (exact) mass is 272 g/mol. The predicted molar refractivity (Wildman–Crippen MR) is 74.4 cm³/mol. The number of pyridine rings is 1. The van der Waals surface area contributed by atoms with E-state index in [2.05, 4.69) is 16.4 Å². The zero-order valence-electron chi connectivity index (χ0n) is 11.5. The molecule has 0 saturated carbocycles. The molecule has 1 aromatic carbocycles. The average molecular weight is 272 g/mol. The number of hydrogen-bond donors (Lipinski definition) is 1. The molecule has 0 bridgehead atoms. The molecule has 104 valence electrons. The van der Waals surface area contributed by atoms with E-state index in [0.717, 1.165) is 23.4 Å². The molecule has 0 saturated heterocycles. The Morgan fingerprint density at radius 2 is 2.10 bits per heavy atom. The zero-order valence-corrected chi connectivity index (χ0v) is 11.5. The Kier molecular flexibility index (Phi) is 3.43. The van der Waals surface area contributed by atoms with Gasteiger partial charge in [0, 0.05) is 24.4 Å². The average Bonchev–Trinajstić information content (AvgIpc) is 2.90. The lowest BCUT2D eigenvalue weighted by Gasteiger charge is -2.09. The van der Waals surface area contributed by atoms with Crippen molar-refractivity contribution in [2.75, 3.05) is 13.8 Å². The summed E-state index contributed by atoms with van der Waals surface area (Å²) in [6.45, 7) is 3.03. The summed E-state index contributed by atoms with van der Waals surface area (Å²) in [6.07, 6.45) is 1.81. The smallest absolute Gasteiger partial charge is 0.231 e. The number of aryl methyl sites for hydroxylation is 1. The number of nitrogens with zero attached hydrogens (tertiary/aromatic N) is 1. The first-order chi connectivity index (χ1) is 9.76. The molecule has 1 N–H and O–H groups in total. The van der Waals surface area contributed by atoms with Crippen molar-refractivity contribution in [3.63, 3.8) is 0 Å². The van der Waals surface area contributed by atoms with Crippen LogP contribution in [0.4, 0.5) is 0 Å². The molecule has 2 aromatic rings. The van der Waals surface area contributed by atoms with E-state index in [1.54, 1.807) is 0 Å². The fourth-order valence-corrected chi connectivity index (χ4v) is 2.08. The largest absolute Gasteiger partial charge is 0.454 e. The van der Waals surface area contributed by atoms with Crippen molar-refractivity contribution in [3.8, 4) is 23.1 Å². The van der Waals surface area contributed by atoms with Crippen LogP contribution in [0.1, 0.15) is 11.1 Å². The Morgan fingerprint density at radius 1 is 1.25 bits per heavy atom. The van der Waals surface area contributed by atoms with Gasteiger partial charge in [0.1, 0.15) is 5.75 Å². The molecule has 1 aliphatic heterocycles. The lowest BCUT2D eigenvalue weighted by molar-refractivity contribution is 0.174. The van der Waals surface area contributed by atoms with Crippen LogP contribution in [0.25, 0.3) is 0 Å². The van der Waals surface area contributed by atoms with Gasteiger partial charge in [-0.25, -0.2) is 4.98 Å². The first-order valence-corrected chi connectivity index (χ1v) is 6.44. The topological polar surface area (TPSA) is 52.6 Å². The summed E-state index contributed by atoms with van der Waals surface area (Å²) in [5.74, 6) is 2.73. The summed E-state index contributed by atoms with van der Waals surface area (Å²) in [6, 6.07) is 7.55. The summed E-state index contributed by atoms with van der Waals surface area (Å²) in [5, 5.41) is 3.10.